The van der Waals surface area contributed by atoms with Gasteiger partial charge >= 0.3 is 0 Å². The number of thiazole rings is 1. The lowest BCUT2D eigenvalue weighted by Crippen LogP contribution is -2.03. The van der Waals surface area contributed by atoms with E-state index in [1.807, 2.05) is 30.6 Å². The fraction of sp³-hybridized carbons (Fsp3) is 0.154. The Kier molecular flexibility index (Phi) is 3.39. The number of nitrogens with one attached hydrogen (secondary N) is 1. The highest BCUT2D eigenvalue weighted by Crippen LogP contribution is 2.25. The van der Waals surface area contributed by atoms with Crippen LogP contribution in [0.2, 0.25) is 10.0 Å². The number of imidazole rings is 1. The zero-order valence-corrected chi connectivity index (χ0v) is 12.5. The number of aromatic nitrogens is 2. The van der Waals surface area contributed by atoms with Gasteiger partial charge in [0.15, 0.2) is 4.96 Å². The smallest absolute Gasteiger partial charge is 0.194 e. The molecule has 19 heavy (non-hydrogen) atoms. The lowest BCUT2D eigenvalue weighted by Gasteiger charge is -2.07. The molecule has 1 aromatic carbocycles. The van der Waals surface area contributed by atoms with Crippen molar-refractivity contribution >= 4 is 45.2 Å². The Morgan fingerprint density at radius 3 is 2.95 bits per heavy atom. The molecule has 0 spiro atoms. The maximum absolute atomic E-state index is 6.00. The largest absolute Gasteiger partial charge is 0.379 e. The summed E-state index contributed by atoms with van der Waals surface area (Å²) in [6.45, 7) is 2.72. The second-order valence-electron chi connectivity index (χ2n) is 4.18. The number of rotatable bonds is 3. The fourth-order valence-corrected chi connectivity index (χ4v) is 3.02. The van der Waals surface area contributed by atoms with Gasteiger partial charge < -0.3 is 5.32 Å². The molecule has 0 aliphatic heterocycles. The van der Waals surface area contributed by atoms with E-state index in [4.69, 9.17) is 23.2 Å². The summed E-state index contributed by atoms with van der Waals surface area (Å²) < 4.78 is 2.10. The molecular weight excluding hydrogens is 301 g/mol. The second kappa shape index (κ2) is 5.04. The highest BCUT2D eigenvalue weighted by Gasteiger charge is 2.09. The number of benzene rings is 1. The van der Waals surface area contributed by atoms with Gasteiger partial charge in [0.05, 0.1) is 28.0 Å². The molecule has 0 atom stereocenters. The minimum atomic E-state index is 0.553. The van der Waals surface area contributed by atoms with Gasteiger partial charge in [-0.05, 0) is 25.1 Å². The summed E-state index contributed by atoms with van der Waals surface area (Å²) in [5, 5.41) is 6.49. The molecule has 2 aromatic heterocycles. The van der Waals surface area contributed by atoms with Crippen molar-refractivity contribution in [3.8, 4) is 0 Å². The summed E-state index contributed by atoms with van der Waals surface area (Å²) in [6, 6.07) is 5.52. The van der Waals surface area contributed by atoms with E-state index >= 15 is 0 Å². The quantitative estimate of drug-likeness (QED) is 0.764. The van der Waals surface area contributed by atoms with Crippen molar-refractivity contribution in [1.82, 2.24) is 9.38 Å². The van der Waals surface area contributed by atoms with E-state index in [2.05, 4.69) is 14.7 Å². The Bertz CT molecular complexity index is 733. The first kappa shape index (κ1) is 12.8. The van der Waals surface area contributed by atoms with Crippen LogP contribution in [-0.2, 0) is 6.54 Å². The van der Waals surface area contributed by atoms with Gasteiger partial charge in [0.25, 0.3) is 0 Å². The first-order valence-electron chi connectivity index (χ1n) is 5.75. The zero-order chi connectivity index (χ0) is 13.4. The number of halogens is 2. The topological polar surface area (TPSA) is 29.3 Å². The summed E-state index contributed by atoms with van der Waals surface area (Å²) >= 11 is 13.5. The second-order valence-corrected chi connectivity index (χ2v) is 5.87. The Morgan fingerprint density at radius 2 is 2.16 bits per heavy atom. The SMILES string of the molecule is Cc1nc2sccn2c1CNc1ccc(Cl)c(Cl)c1. The minimum absolute atomic E-state index is 0.553. The molecule has 0 bridgehead atoms. The maximum atomic E-state index is 6.00. The summed E-state index contributed by atoms with van der Waals surface area (Å²) in [6.07, 6.45) is 2.03. The van der Waals surface area contributed by atoms with Gasteiger partial charge in [-0.15, -0.1) is 11.3 Å². The number of nitrogens with zero attached hydrogens (tertiary/aromatic N) is 2. The van der Waals surface area contributed by atoms with E-state index in [1.165, 1.54) is 0 Å². The monoisotopic (exact) mass is 311 g/mol. The summed E-state index contributed by atoms with van der Waals surface area (Å²) in [7, 11) is 0. The van der Waals surface area contributed by atoms with Crippen molar-refractivity contribution in [1.29, 1.82) is 0 Å². The molecule has 0 aliphatic carbocycles. The summed E-state index contributed by atoms with van der Waals surface area (Å²) in [5.41, 5.74) is 3.14. The van der Waals surface area contributed by atoms with Gasteiger partial charge in [0, 0.05) is 17.3 Å². The van der Waals surface area contributed by atoms with Crippen molar-refractivity contribution in [2.75, 3.05) is 5.32 Å². The summed E-state index contributed by atoms with van der Waals surface area (Å²) in [4.78, 5) is 5.53. The highest BCUT2D eigenvalue weighted by molar-refractivity contribution is 7.15. The molecular formula is C13H11Cl2N3S. The van der Waals surface area contributed by atoms with Gasteiger partial charge in [-0.25, -0.2) is 4.98 Å². The van der Waals surface area contributed by atoms with Crippen molar-refractivity contribution in [2.24, 2.45) is 0 Å². The van der Waals surface area contributed by atoms with Crippen LogP contribution < -0.4 is 5.32 Å². The van der Waals surface area contributed by atoms with E-state index in [0.29, 0.717) is 16.6 Å². The van der Waals surface area contributed by atoms with Crippen molar-refractivity contribution in [3.63, 3.8) is 0 Å². The molecule has 0 radical (unpaired) electrons. The van der Waals surface area contributed by atoms with Gasteiger partial charge in [-0.3, -0.25) is 4.40 Å². The number of hydrogen-bond donors (Lipinski definition) is 1. The molecule has 0 fully saturated rings. The van der Waals surface area contributed by atoms with Crippen LogP contribution in [0, 0.1) is 6.92 Å². The van der Waals surface area contributed by atoms with E-state index in [-0.39, 0.29) is 0 Å². The molecule has 0 saturated carbocycles. The maximum Gasteiger partial charge on any atom is 0.194 e. The standard InChI is InChI=1S/C13H11Cl2N3S/c1-8-12(18-4-5-19-13(18)17-8)7-16-9-2-3-10(14)11(15)6-9/h2-6,16H,7H2,1H3. The Balaban J connectivity index is 1.83. The number of aryl methyl sites for hydroxylation is 1. The summed E-state index contributed by atoms with van der Waals surface area (Å²) in [5.74, 6) is 0. The molecule has 0 unspecified atom stereocenters. The zero-order valence-electron chi connectivity index (χ0n) is 10.2. The van der Waals surface area contributed by atoms with E-state index in [1.54, 1.807) is 17.4 Å². The molecule has 6 heteroatoms. The fourth-order valence-electron chi connectivity index (χ4n) is 1.95. The lowest BCUT2D eigenvalue weighted by molar-refractivity contribution is 0.995. The number of fused-ring (bicyclic) bond motifs is 1. The van der Waals surface area contributed by atoms with E-state index in [0.717, 1.165) is 22.0 Å². The van der Waals surface area contributed by atoms with Crippen LogP contribution in [0.5, 0.6) is 0 Å². The van der Waals surface area contributed by atoms with Gasteiger partial charge in [0.2, 0.25) is 0 Å². The van der Waals surface area contributed by atoms with Gasteiger partial charge in [-0.1, -0.05) is 23.2 Å². The molecule has 3 nitrogen and oxygen atoms in total. The third-order valence-corrected chi connectivity index (χ3v) is 4.44. The molecule has 3 aromatic rings. The average Bonchev–Trinajstić information content (AvgIpc) is 2.92. The van der Waals surface area contributed by atoms with Crippen molar-refractivity contribution < 1.29 is 0 Å². The predicted octanol–water partition coefficient (Wildman–Crippen LogP) is 4.62. The van der Waals surface area contributed by atoms with Crippen LogP contribution in [-0.4, -0.2) is 9.38 Å². The average molecular weight is 312 g/mol. The Hall–Kier alpha value is -1.23. The minimum Gasteiger partial charge on any atom is -0.379 e. The third-order valence-electron chi connectivity index (χ3n) is 2.94. The molecule has 2 heterocycles. The first-order valence-corrected chi connectivity index (χ1v) is 7.38. The van der Waals surface area contributed by atoms with Crippen molar-refractivity contribution in [2.45, 2.75) is 13.5 Å². The van der Waals surface area contributed by atoms with E-state index in [9.17, 15) is 0 Å². The Morgan fingerprint density at radius 1 is 1.32 bits per heavy atom. The molecule has 0 aliphatic rings. The normalized spacial score (nSPS) is 11.1. The highest BCUT2D eigenvalue weighted by atomic mass is 35.5. The third kappa shape index (κ3) is 2.43. The molecule has 1 N–H and O–H groups in total. The molecule has 0 amide bonds. The predicted molar refractivity (Wildman–Crippen MR) is 81.6 cm³/mol. The number of anilines is 1. The van der Waals surface area contributed by atoms with E-state index < -0.39 is 0 Å². The number of hydrogen-bond acceptors (Lipinski definition) is 3. The Labute approximate surface area is 124 Å². The molecule has 0 saturated heterocycles. The van der Waals surface area contributed by atoms with Gasteiger partial charge in [0.1, 0.15) is 0 Å². The van der Waals surface area contributed by atoms with Crippen LogP contribution >= 0.6 is 34.5 Å². The van der Waals surface area contributed by atoms with Crippen molar-refractivity contribution in [3.05, 3.63) is 51.2 Å². The van der Waals surface area contributed by atoms with Crippen LogP contribution in [0.4, 0.5) is 5.69 Å². The van der Waals surface area contributed by atoms with Crippen LogP contribution in [0.1, 0.15) is 11.4 Å². The van der Waals surface area contributed by atoms with Crippen LogP contribution in [0.25, 0.3) is 4.96 Å². The molecule has 3 rings (SSSR count). The lowest BCUT2D eigenvalue weighted by atomic mass is 10.3. The van der Waals surface area contributed by atoms with Crippen LogP contribution in [0.3, 0.4) is 0 Å². The first-order chi connectivity index (χ1) is 9.15. The van der Waals surface area contributed by atoms with Gasteiger partial charge in [-0.2, -0.15) is 0 Å². The molecule has 98 valence electrons. The van der Waals surface area contributed by atoms with Crippen LogP contribution in [0.15, 0.2) is 29.8 Å².